The highest BCUT2D eigenvalue weighted by Crippen LogP contribution is 2.42. The first-order valence-corrected chi connectivity index (χ1v) is 10.3. The van der Waals surface area contributed by atoms with Gasteiger partial charge in [0, 0.05) is 11.1 Å². The predicted molar refractivity (Wildman–Crippen MR) is 126 cm³/mol. The van der Waals surface area contributed by atoms with Crippen molar-refractivity contribution < 1.29 is 18.9 Å². The highest BCUT2D eigenvalue weighted by molar-refractivity contribution is 6.35. The van der Waals surface area contributed by atoms with Gasteiger partial charge in [-0.2, -0.15) is 5.10 Å². The van der Waals surface area contributed by atoms with E-state index in [2.05, 4.69) is 0 Å². The Hall–Kier alpha value is -3.64. The van der Waals surface area contributed by atoms with Gasteiger partial charge in [0.15, 0.2) is 23.0 Å². The van der Waals surface area contributed by atoms with Crippen molar-refractivity contribution in [3.05, 3.63) is 71.8 Å². The van der Waals surface area contributed by atoms with E-state index in [1.165, 1.54) is 0 Å². The van der Waals surface area contributed by atoms with Crippen LogP contribution in [-0.4, -0.2) is 38.2 Å². The van der Waals surface area contributed by atoms with Crippen LogP contribution >= 0.6 is 11.6 Å². The van der Waals surface area contributed by atoms with E-state index < -0.39 is 0 Å². The van der Waals surface area contributed by atoms with Crippen molar-refractivity contribution in [2.45, 2.75) is 0 Å². The van der Waals surface area contributed by atoms with Gasteiger partial charge in [0.1, 0.15) is 5.69 Å². The molecule has 0 fully saturated rings. The van der Waals surface area contributed by atoms with Gasteiger partial charge >= 0.3 is 0 Å². The number of halogens is 1. The minimum Gasteiger partial charge on any atom is -0.493 e. The Bertz CT molecular complexity index is 1240. The maximum Gasteiger partial charge on any atom is 0.161 e. The molecule has 0 aliphatic carbocycles. The van der Waals surface area contributed by atoms with Gasteiger partial charge in [-0.25, -0.2) is 4.68 Å². The van der Waals surface area contributed by atoms with Crippen LogP contribution in [0.4, 0.5) is 0 Å². The molecule has 0 amide bonds. The largest absolute Gasteiger partial charge is 0.493 e. The van der Waals surface area contributed by atoms with E-state index in [-0.39, 0.29) is 0 Å². The number of nitrogens with zero attached hydrogens (tertiary/aromatic N) is 2. The molecule has 1 heterocycles. The summed E-state index contributed by atoms with van der Waals surface area (Å²) >= 11 is 6.96. The van der Waals surface area contributed by atoms with E-state index >= 15 is 0 Å². The van der Waals surface area contributed by atoms with Gasteiger partial charge in [0.05, 0.1) is 44.8 Å². The van der Waals surface area contributed by atoms with E-state index in [1.54, 1.807) is 28.4 Å². The Morgan fingerprint density at radius 1 is 0.656 bits per heavy atom. The van der Waals surface area contributed by atoms with Crippen LogP contribution in [0.25, 0.3) is 28.2 Å². The van der Waals surface area contributed by atoms with Crippen molar-refractivity contribution >= 4 is 11.6 Å². The van der Waals surface area contributed by atoms with Crippen molar-refractivity contribution in [2.24, 2.45) is 0 Å². The molecule has 3 aromatic carbocycles. The lowest BCUT2D eigenvalue weighted by atomic mass is 10.1. The van der Waals surface area contributed by atoms with Gasteiger partial charge in [0.25, 0.3) is 0 Å². The van der Waals surface area contributed by atoms with Crippen LogP contribution in [0.1, 0.15) is 0 Å². The van der Waals surface area contributed by atoms with Crippen molar-refractivity contribution in [1.82, 2.24) is 9.78 Å². The highest BCUT2D eigenvalue weighted by Gasteiger charge is 2.22. The molecule has 6 nitrogen and oxygen atoms in total. The minimum atomic E-state index is 0.508. The summed E-state index contributed by atoms with van der Waals surface area (Å²) in [7, 11) is 6.41. The standard InChI is InChI=1S/C25H23ClN2O4/c1-29-19-12-10-16(14-21(19)31-3)24-23(26)25(28(27-24)18-8-6-5-7-9-18)17-11-13-20(30-2)22(15-17)32-4/h5-15H,1-4H3. The second-order valence-electron chi connectivity index (χ2n) is 6.90. The molecule has 0 saturated heterocycles. The van der Waals surface area contributed by atoms with E-state index in [0.29, 0.717) is 33.7 Å². The van der Waals surface area contributed by atoms with Gasteiger partial charge in [-0.3, -0.25) is 0 Å². The van der Waals surface area contributed by atoms with Crippen molar-refractivity contribution in [2.75, 3.05) is 28.4 Å². The number of methoxy groups -OCH3 is 4. The summed E-state index contributed by atoms with van der Waals surface area (Å²) < 4.78 is 23.5. The molecule has 7 heteroatoms. The summed E-state index contributed by atoms with van der Waals surface area (Å²) in [6, 6.07) is 21.1. The second-order valence-corrected chi connectivity index (χ2v) is 7.28. The number of rotatable bonds is 7. The zero-order valence-electron chi connectivity index (χ0n) is 18.3. The summed E-state index contributed by atoms with van der Waals surface area (Å²) in [5, 5.41) is 5.38. The lowest BCUT2D eigenvalue weighted by Gasteiger charge is -2.12. The van der Waals surface area contributed by atoms with Crippen molar-refractivity contribution in [1.29, 1.82) is 0 Å². The van der Waals surface area contributed by atoms with Crippen molar-refractivity contribution in [3.8, 4) is 51.2 Å². The van der Waals surface area contributed by atoms with Gasteiger partial charge in [-0.05, 0) is 48.5 Å². The molecule has 0 unspecified atom stereocenters. The fraction of sp³-hybridized carbons (Fsp3) is 0.160. The normalized spacial score (nSPS) is 10.7. The molecular formula is C25H23ClN2O4. The Labute approximate surface area is 191 Å². The van der Waals surface area contributed by atoms with E-state index in [9.17, 15) is 0 Å². The molecule has 0 aliphatic heterocycles. The monoisotopic (exact) mass is 450 g/mol. The first-order chi connectivity index (χ1) is 15.6. The predicted octanol–water partition coefficient (Wildman–Crippen LogP) is 5.89. The molecular weight excluding hydrogens is 428 g/mol. The molecule has 0 aliphatic rings. The molecule has 4 rings (SSSR count). The Balaban J connectivity index is 1.95. The van der Waals surface area contributed by atoms with Crippen molar-refractivity contribution in [3.63, 3.8) is 0 Å². The van der Waals surface area contributed by atoms with E-state index in [1.807, 2.05) is 71.4 Å². The third kappa shape index (κ3) is 3.85. The lowest BCUT2D eigenvalue weighted by Crippen LogP contribution is -2.00. The minimum absolute atomic E-state index is 0.508. The molecule has 164 valence electrons. The summed E-state index contributed by atoms with van der Waals surface area (Å²) in [6.07, 6.45) is 0. The number of aromatic nitrogens is 2. The number of hydrogen-bond donors (Lipinski definition) is 0. The summed E-state index contributed by atoms with van der Waals surface area (Å²) in [5.41, 5.74) is 3.90. The third-order valence-electron chi connectivity index (χ3n) is 5.14. The first kappa shape index (κ1) is 21.6. The van der Waals surface area contributed by atoms with Crippen LogP contribution in [0.5, 0.6) is 23.0 Å². The molecule has 4 aromatic rings. The maximum atomic E-state index is 6.96. The number of ether oxygens (including phenoxy) is 4. The quantitative estimate of drug-likeness (QED) is 0.351. The van der Waals surface area contributed by atoms with Crippen LogP contribution in [0.2, 0.25) is 5.02 Å². The van der Waals surface area contributed by atoms with Crippen LogP contribution in [-0.2, 0) is 0 Å². The van der Waals surface area contributed by atoms with E-state index in [0.717, 1.165) is 22.5 Å². The highest BCUT2D eigenvalue weighted by atomic mass is 35.5. The molecule has 0 atom stereocenters. The molecule has 0 spiro atoms. The molecule has 0 radical (unpaired) electrons. The third-order valence-corrected chi connectivity index (χ3v) is 5.50. The maximum absolute atomic E-state index is 6.96. The summed E-state index contributed by atoms with van der Waals surface area (Å²) in [6.45, 7) is 0. The van der Waals surface area contributed by atoms with Crippen LogP contribution in [0, 0.1) is 0 Å². The molecule has 0 saturated carbocycles. The van der Waals surface area contributed by atoms with Gasteiger partial charge < -0.3 is 18.9 Å². The zero-order chi connectivity index (χ0) is 22.7. The van der Waals surface area contributed by atoms with Gasteiger partial charge in [-0.1, -0.05) is 29.8 Å². The summed E-state index contributed by atoms with van der Waals surface area (Å²) in [4.78, 5) is 0. The Kier molecular flexibility index (Phi) is 6.23. The average molecular weight is 451 g/mol. The first-order valence-electron chi connectivity index (χ1n) is 9.90. The zero-order valence-corrected chi connectivity index (χ0v) is 19.0. The SMILES string of the molecule is COc1ccc(-c2nn(-c3ccccc3)c(-c3ccc(OC)c(OC)c3)c2Cl)cc1OC. The van der Waals surface area contributed by atoms with Crippen LogP contribution in [0.15, 0.2) is 66.7 Å². The average Bonchev–Trinajstić information content (AvgIpc) is 3.20. The van der Waals surface area contributed by atoms with Gasteiger partial charge in [-0.15, -0.1) is 0 Å². The second kappa shape index (κ2) is 9.24. The van der Waals surface area contributed by atoms with Gasteiger partial charge in [0.2, 0.25) is 0 Å². The van der Waals surface area contributed by atoms with Crippen LogP contribution < -0.4 is 18.9 Å². The fourth-order valence-corrected chi connectivity index (χ4v) is 3.89. The smallest absolute Gasteiger partial charge is 0.161 e. The molecule has 0 bridgehead atoms. The number of benzene rings is 3. The van der Waals surface area contributed by atoms with Crippen LogP contribution in [0.3, 0.4) is 0 Å². The Morgan fingerprint density at radius 3 is 1.75 bits per heavy atom. The molecule has 0 N–H and O–H groups in total. The topological polar surface area (TPSA) is 54.7 Å². The Morgan fingerprint density at radius 2 is 1.19 bits per heavy atom. The molecule has 32 heavy (non-hydrogen) atoms. The lowest BCUT2D eigenvalue weighted by molar-refractivity contribution is 0.355. The molecule has 1 aromatic heterocycles. The fourth-order valence-electron chi connectivity index (χ4n) is 3.56. The number of para-hydroxylation sites is 1. The van der Waals surface area contributed by atoms with E-state index in [4.69, 9.17) is 35.6 Å². The summed E-state index contributed by atoms with van der Waals surface area (Å²) in [5.74, 6) is 2.48. The number of hydrogen-bond acceptors (Lipinski definition) is 5.